The van der Waals surface area contributed by atoms with Crippen molar-refractivity contribution in [3.8, 4) is 0 Å². The summed E-state index contributed by atoms with van der Waals surface area (Å²) >= 11 is 0. The Labute approximate surface area is 125 Å². The molecule has 4 nitrogen and oxygen atoms in total. The highest BCUT2D eigenvalue weighted by atomic mass is 19.4. The van der Waals surface area contributed by atoms with Gasteiger partial charge in [-0.25, -0.2) is 4.79 Å². The molecule has 0 aromatic heterocycles. The monoisotopic (exact) mass is 313 g/mol. The van der Waals surface area contributed by atoms with Gasteiger partial charge in [-0.15, -0.1) is 0 Å². The number of allylic oxidation sites excluding steroid dienone is 2. The molecule has 0 heterocycles. The van der Waals surface area contributed by atoms with E-state index in [1.807, 2.05) is 0 Å². The second-order valence-corrected chi connectivity index (χ2v) is 4.40. The average molecular weight is 313 g/mol. The molecule has 0 saturated carbocycles. The van der Waals surface area contributed by atoms with Gasteiger partial charge in [0, 0.05) is 12.0 Å². The number of alkyl halides is 3. The quantitative estimate of drug-likeness (QED) is 0.794. The number of rotatable bonds is 6. The third kappa shape index (κ3) is 3.75. The Morgan fingerprint density at radius 2 is 1.82 bits per heavy atom. The summed E-state index contributed by atoms with van der Waals surface area (Å²) in [4.78, 5) is 23.2. The van der Waals surface area contributed by atoms with Gasteiger partial charge in [0.25, 0.3) is 5.91 Å². The van der Waals surface area contributed by atoms with Gasteiger partial charge >= 0.3 is 12.1 Å². The van der Waals surface area contributed by atoms with Crippen molar-refractivity contribution >= 4 is 11.9 Å². The Morgan fingerprint density at radius 3 is 2.27 bits per heavy atom. The van der Waals surface area contributed by atoms with Crippen LogP contribution in [0.25, 0.3) is 0 Å². The number of benzene rings is 1. The van der Waals surface area contributed by atoms with Crippen molar-refractivity contribution < 1.29 is 27.9 Å². The molecule has 2 N–H and O–H groups in total. The summed E-state index contributed by atoms with van der Waals surface area (Å²) in [6.07, 6.45) is -2.74. The Kier molecular flexibility index (Phi) is 5.50. The Hall–Kier alpha value is -2.57. The van der Waals surface area contributed by atoms with Crippen LogP contribution in [-0.4, -0.2) is 28.7 Å². The maximum atomic E-state index is 13.3. The first-order valence-electron chi connectivity index (χ1n) is 6.20. The lowest BCUT2D eigenvalue weighted by atomic mass is 9.93. The summed E-state index contributed by atoms with van der Waals surface area (Å²) in [5.74, 6) is -3.30. The molecule has 7 heteroatoms. The van der Waals surface area contributed by atoms with Crippen LogP contribution in [0, 0.1) is 0 Å². The normalized spacial score (nSPS) is 14.3. The summed E-state index contributed by atoms with van der Waals surface area (Å²) in [5.41, 5.74) is -3.47. The van der Waals surface area contributed by atoms with Crippen LogP contribution in [0.3, 0.4) is 0 Å². The van der Waals surface area contributed by atoms with E-state index < -0.39 is 30.0 Å². The van der Waals surface area contributed by atoms with Crippen molar-refractivity contribution in [2.75, 3.05) is 0 Å². The number of nitrogens with one attached hydrogen (secondary N) is 1. The van der Waals surface area contributed by atoms with E-state index in [0.29, 0.717) is 0 Å². The van der Waals surface area contributed by atoms with Gasteiger partial charge in [-0.1, -0.05) is 43.0 Å². The van der Waals surface area contributed by atoms with E-state index in [-0.39, 0.29) is 5.56 Å². The van der Waals surface area contributed by atoms with E-state index in [1.54, 1.807) is 11.4 Å². The van der Waals surface area contributed by atoms with E-state index >= 15 is 0 Å². The van der Waals surface area contributed by atoms with Crippen molar-refractivity contribution in [1.29, 1.82) is 0 Å². The molecule has 1 rings (SSSR count). The molecule has 0 radical (unpaired) electrons. The number of carboxylic acids is 1. The largest absolute Gasteiger partial charge is 0.479 e. The molecule has 0 saturated heterocycles. The third-order valence-corrected chi connectivity index (χ3v) is 2.91. The highest BCUT2D eigenvalue weighted by Crippen LogP contribution is 2.34. The maximum Gasteiger partial charge on any atom is 0.422 e. The molecule has 1 atom stereocenters. The molecule has 1 aromatic carbocycles. The summed E-state index contributed by atoms with van der Waals surface area (Å²) in [5, 5.41) is 10.7. The van der Waals surface area contributed by atoms with Crippen molar-refractivity contribution in [3.05, 3.63) is 60.7 Å². The fourth-order valence-corrected chi connectivity index (χ4v) is 1.70. The topological polar surface area (TPSA) is 66.4 Å². The summed E-state index contributed by atoms with van der Waals surface area (Å²) in [6, 6.07) is 7.08. The number of carbonyl (C=O) groups is 2. The van der Waals surface area contributed by atoms with E-state index in [1.165, 1.54) is 36.4 Å². The van der Waals surface area contributed by atoms with Crippen molar-refractivity contribution in [3.63, 3.8) is 0 Å². The molecule has 1 aromatic rings. The average Bonchev–Trinajstić information content (AvgIpc) is 2.45. The number of carbonyl (C=O) groups excluding carboxylic acids is 1. The number of hydrogen-bond donors (Lipinski definition) is 2. The minimum absolute atomic E-state index is 0.0647. The van der Waals surface area contributed by atoms with Gasteiger partial charge in [0.2, 0.25) is 5.54 Å². The Balaban J connectivity index is 3.19. The van der Waals surface area contributed by atoms with E-state index in [4.69, 9.17) is 5.11 Å². The zero-order valence-electron chi connectivity index (χ0n) is 11.4. The molecular formula is C15H14F3NO3. The van der Waals surface area contributed by atoms with Crippen molar-refractivity contribution in [2.45, 2.75) is 18.1 Å². The second-order valence-electron chi connectivity index (χ2n) is 4.40. The smallest absolute Gasteiger partial charge is 0.422 e. The number of aliphatic carboxylic acids is 1. The number of hydrogen-bond acceptors (Lipinski definition) is 2. The van der Waals surface area contributed by atoms with Crippen LogP contribution in [0.2, 0.25) is 0 Å². The predicted molar refractivity (Wildman–Crippen MR) is 74.3 cm³/mol. The van der Waals surface area contributed by atoms with Crippen LogP contribution in [-0.2, 0) is 4.79 Å². The van der Waals surface area contributed by atoms with Gasteiger partial charge in [-0.2, -0.15) is 13.2 Å². The lowest BCUT2D eigenvalue weighted by Crippen LogP contribution is -2.63. The molecule has 0 aliphatic rings. The zero-order valence-corrected chi connectivity index (χ0v) is 11.4. The standard InChI is InChI=1S/C15H14F3NO3/c1-2-3-7-10-14(13(21)22,15(16,17)18)19-12(20)11-8-5-4-6-9-11/h2-9H,1,10H2,(H,19,20)(H,21,22). The van der Waals surface area contributed by atoms with Gasteiger partial charge in [-0.05, 0) is 12.1 Å². The SMILES string of the molecule is C=CC=CCC(NC(=O)c1ccccc1)(C(=O)O)C(F)(F)F. The second kappa shape index (κ2) is 6.93. The molecule has 118 valence electrons. The molecule has 22 heavy (non-hydrogen) atoms. The van der Waals surface area contributed by atoms with Crippen molar-refractivity contribution in [2.24, 2.45) is 0 Å². The van der Waals surface area contributed by atoms with Crippen LogP contribution in [0.4, 0.5) is 13.2 Å². The van der Waals surface area contributed by atoms with Crippen molar-refractivity contribution in [1.82, 2.24) is 5.32 Å². The first kappa shape index (κ1) is 17.5. The van der Waals surface area contributed by atoms with Crippen LogP contribution < -0.4 is 5.32 Å². The minimum Gasteiger partial charge on any atom is -0.479 e. The summed E-state index contributed by atoms with van der Waals surface area (Å²) < 4.78 is 39.8. The number of halogens is 3. The number of carboxylic acid groups (broad SMARTS) is 1. The lowest BCUT2D eigenvalue weighted by molar-refractivity contribution is -0.206. The molecule has 1 unspecified atom stereocenters. The highest BCUT2D eigenvalue weighted by molar-refractivity contribution is 5.98. The first-order chi connectivity index (χ1) is 10.2. The third-order valence-electron chi connectivity index (χ3n) is 2.91. The van der Waals surface area contributed by atoms with Crippen LogP contribution in [0.5, 0.6) is 0 Å². The summed E-state index contributed by atoms with van der Waals surface area (Å²) in [6.45, 7) is 3.29. The fraction of sp³-hybridized carbons (Fsp3) is 0.200. The van der Waals surface area contributed by atoms with Crippen LogP contribution in [0.1, 0.15) is 16.8 Å². The molecule has 0 aliphatic carbocycles. The van der Waals surface area contributed by atoms with Crippen LogP contribution in [0.15, 0.2) is 55.1 Å². The highest BCUT2D eigenvalue weighted by Gasteiger charge is 2.61. The fourth-order valence-electron chi connectivity index (χ4n) is 1.70. The predicted octanol–water partition coefficient (Wildman–Crippen LogP) is 2.93. The molecule has 1 amide bonds. The van der Waals surface area contributed by atoms with Gasteiger partial charge in [0.15, 0.2) is 0 Å². The van der Waals surface area contributed by atoms with E-state index in [0.717, 1.165) is 6.08 Å². The van der Waals surface area contributed by atoms with E-state index in [2.05, 4.69) is 6.58 Å². The van der Waals surface area contributed by atoms with Gasteiger partial charge in [0.05, 0.1) is 0 Å². The summed E-state index contributed by atoms with van der Waals surface area (Å²) in [7, 11) is 0. The molecule has 0 bridgehead atoms. The van der Waals surface area contributed by atoms with Gasteiger partial charge in [-0.3, -0.25) is 4.79 Å². The molecule has 0 fully saturated rings. The molecular weight excluding hydrogens is 299 g/mol. The van der Waals surface area contributed by atoms with Gasteiger partial charge in [0.1, 0.15) is 0 Å². The van der Waals surface area contributed by atoms with Crippen LogP contribution >= 0.6 is 0 Å². The Bertz CT molecular complexity index is 581. The minimum atomic E-state index is -5.17. The maximum absolute atomic E-state index is 13.3. The van der Waals surface area contributed by atoms with E-state index in [9.17, 15) is 22.8 Å². The lowest BCUT2D eigenvalue weighted by Gasteiger charge is -2.31. The first-order valence-corrected chi connectivity index (χ1v) is 6.20. The molecule has 0 aliphatic heterocycles. The number of amides is 1. The van der Waals surface area contributed by atoms with Gasteiger partial charge < -0.3 is 10.4 Å². The Morgan fingerprint density at radius 1 is 1.23 bits per heavy atom. The zero-order chi connectivity index (χ0) is 16.8. The molecule has 0 spiro atoms.